The predicted molar refractivity (Wildman–Crippen MR) is 81.5 cm³/mol. The van der Waals surface area contributed by atoms with Crippen molar-refractivity contribution in [1.82, 2.24) is 9.21 Å². The average molecular weight is 296 g/mol. The lowest BCUT2D eigenvalue weighted by atomic mass is 10.1. The number of rotatable bonds is 2. The van der Waals surface area contributed by atoms with Gasteiger partial charge in [0.05, 0.1) is 4.90 Å². The van der Waals surface area contributed by atoms with E-state index >= 15 is 0 Å². The first-order valence-corrected chi connectivity index (χ1v) is 8.45. The third kappa shape index (κ3) is 2.75. The van der Waals surface area contributed by atoms with E-state index < -0.39 is 10.0 Å². The van der Waals surface area contributed by atoms with E-state index in [0.717, 1.165) is 29.8 Å². The molecule has 1 saturated heterocycles. The summed E-state index contributed by atoms with van der Waals surface area (Å²) in [5.41, 5.74) is 2.78. The van der Waals surface area contributed by atoms with Crippen molar-refractivity contribution in [3.63, 3.8) is 0 Å². The molecule has 2 rings (SSSR count). The fraction of sp³-hybridized carbons (Fsp3) is 0.600. The molecular weight excluding hydrogens is 272 g/mol. The maximum atomic E-state index is 13.0. The molecule has 112 valence electrons. The van der Waals surface area contributed by atoms with Gasteiger partial charge in [-0.2, -0.15) is 4.31 Å². The van der Waals surface area contributed by atoms with Crippen LogP contribution >= 0.6 is 0 Å². The molecule has 0 N–H and O–H groups in total. The fourth-order valence-electron chi connectivity index (χ4n) is 3.17. The van der Waals surface area contributed by atoms with Crippen molar-refractivity contribution in [2.24, 2.45) is 0 Å². The highest BCUT2D eigenvalue weighted by atomic mass is 32.2. The van der Waals surface area contributed by atoms with Gasteiger partial charge in [-0.15, -0.1) is 0 Å². The minimum absolute atomic E-state index is 0.0128. The van der Waals surface area contributed by atoms with Gasteiger partial charge < -0.3 is 4.90 Å². The Morgan fingerprint density at radius 1 is 1.10 bits per heavy atom. The van der Waals surface area contributed by atoms with Gasteiger partial charge in [-0.25, -0.2) is 8.42 Å². The van der Waals surface area contributed by atoms with E-state index in [2.05, 4.69) is 4.90 Å². The first-order valence-electron chi connectivity index (χ1n) is 7.01. The number of nitrogens with zero attached hydrogens (tertiary/aromatic N) is 2. The largest absolute Gasteiger partial charge is 0.303 e. The van der Waals surface area contributed by atoms with E-state index in [-0.39, 0.29) is 6.04 Å². The molecule has 4 nitrogen and oxygen atoms in total. The van der Waals surface area contributed by atoms with Gasteiger partial charge in [-0.1, -0.05) is 17.7 Å². The number of sulfonamides is 1. The molecule has 0 radical (unpaired) electrons. The summed E-state index contributed by atoms with van der Waals surface area (Å²) in [6.45, 7) is 9.87. The van der Waals surface area contributed by atoms with Gasteiger partial charge in [-0.3, -0.25) is 0 Å². The van der Waals surface area contributed by atoms with Crippen LogP contribution < -0.4 is 0 Å². The second kappa shape index (κ2) is 5.47. The summed E-state index contributed by atoms with van der Waals surface area (Å²) < 4.78 is 27.6. The van der Waals surface area contributed by atoms with Crippen LogP contribution in [-0.2, 0) is 10.0 Å². The highest BCUT2D eigenvalue weighted by Gasteiger charge is 2.34. The molecule has 1 aliphatic heterocycles. The third-order valence-electron chi connectivity index (χ3n) is 3.94. The van der Waals surface area contributed by atoms with Crippen LogP contribution in [0.15, 0.2) is 17.0 Å². The smallest absolute Gasteiger partial charge is 0.243 e. The number of benzene rings is 1. The summed E-state index contributed by atoms with van der Waals surface area (Å²) in [5, 5.41) is 0. The summed E-state index contributed by atoms with van der Waals surface area (Å²) in [6.07, 6.45) is 0. The Kier molecular flexibility index (Phi) is 4.23. The van der Waals surface area contributed by atoms with Crippen LogP contribution in [-0.4, -0.2) is 50.3 Å². The molecule has 1 unspecified atom stereocenters. The topological polar surface area (TPSA) is 40.6 Å². The summed E-state index contributed by atoms with van der Waals surface area (Å²) in [4.78, 5) is 2.66. The summed E-state index contributed by atoms with van der Waals surface area (Å²) in [5.74, 6) is 0. The lowest BCUT2D eigenvalue weighted by molar-refractivity contribution is 0.170. The zero-order valence-electron chi connectivity index (χ0n) is 13.0. The molecule has 5 heteroatoms. The van der Waals surface area contributed by atoms with Crippen molar-refractivity contribution >= 4 is 10.0 Å². The first-order chi connectivity index (χ1) is 9.23. The van der Waals surface area contributed by atoms with Gasteiger partial charge in [0.15, 0.2) is 0 Å². The quantitative estimate of drug-likeness (QED) is 0.837. The second-order valence-corrected chi connectivity index (χ2v) is 7.78. The van der Waals surface area contributed by atoms with Crippen LogP contribution in [0.1, 0.15) is 23.6 Å². The Balaban J connectivity index is 2.46. The predicted octanol–water partition coefficient (Wildman–Crippen LogP) is 1.94. The molecule has 0 aromatic heterocycles. The van der Waals surface area contributed by atoms with Gasteiger partial charge in [0.25, 0.3) is 0 Å². The Hall–Kier alpha value is -0.910. The summed E-state index contributed by atoms with van der Waals surface area (Å²) in [6, 6.07) is 3.90. The van der Waals surface area contributed by atoms with Crippen LogP contribution in [0.3, 0.4) is 0 Å². The lowest BCUT2D eigenvalue weighted by Gasteiger charge is -2.37. The number of aryl methyl sites for hydroxylation is 3. The number of hydrogen-bond acceptors (Lipinski definition) is 3. The normalized spacial score (nSPS) is 22.1. The van der Waals surface area contributed by atoms with E-state index in [0.29, 0.717) is 11.4 Å². The SMILES string of the molecule is Cc1cc(C)c(S(=O)(=O)N2CCN(C)CC2C)c(C)c1. The molecule has 0 aliphatic carbocycles. The van der Waals surface area contributed by atoms with Crippen LogP contribution in [0.5, 0.6) is 0 Å². The number of likely N-dealkylation sites (N-methyl/N-ethyl adjacent to an activating group) is 1. The monoisotopic (exact) mass is 296 g/mol. The number of hydrogen-bond donors (Lipinski definition) is 0. The van der Waals surface area contributed by atoms with Crippen molar-refractivity contribution in [2.45, 2.75) is 38.6 Å². The molecule has 1 aromatic rings. The zero-order chi connectivity index (χ0) is 15.1. The van der Waals surface area contributed by atoms with Gasteiger partial charge >= 0.3 is 0 Å². The Labute approximate surface area is 122 Å². The van der Waals surface area contributed by atoms with E-state index in [1.54, 1.807) is 4.31 Å². The molecule has 0 saturated carbocycles. The van der Waals surface area contributed by atoms with Crippen LogP contribution in [0.25, 0.3) is 0 Å². The molecular formula is C15H24N2O2S. The molecule has 1 fully saturated rings. The van der Waals surface area contributed by atoms with Crippen molar-refractivity contribution in [1.29, 1.82) is 0 Å². The van der Waals surface area contributed by atoms with E-state index in [4.69, 9.17) is 0 Å². The molecule has 1 aliphatic rings. The summed E-state index contributed by atoms with van der Waals surface area (Å²) >= 11 is 0. The standard InChI is InChI=1S/C15H24N2O2S/c1-11-8-12(2)15(13(3)9-11)20(18,19)17-7-6-16(5)10-14(17)4/h8-9,14H,6-7,10H2,1-5H3. The van der Waals surface area contributed by atoms with Gasteiger partial charge in [-0.05, 0) is 45.9 Å². The van der Waals surface area contributed by atoms with E-state index in [1.165, 1.54) is 0 Å². The minimum atomic E-state index is -3.41. The zero-order valence-corrected chi connectivity index (χ0v) is 13.8. The van der Waals surface area contributed by atoms with E-state index in [1.807, 2.05) is 46.9 Å². The van der Waals surface area contributed by atoms with E-state index in [9.17, 15) is 8.42 Å². The molecule has 0 spiro atoms. The van der Waals surface area contributed by atoms with Crippen molar-refractivity contribution in [3.8, 4) is 0 Å². The number of piperazine rings is 1. The van der Waals surface area contributed by atoms with Gasteiger partial charge in [0, 0.05) is 25.7 Å². The summed E-state index contributed by atoms with van der Waals surface area (Å²) in [7, 11) is -1.38. The Morgan fingerprint density at radius 2 is 1.65 bits per heavy atom. The minimum Gasteiger partial charge on any atom is -0.303 e. The maximum absolute atomic E-state index is 13.0. The van der Waals surface area contributed by atoms with Crippen molar-refractivity contribution < 1.29 is 8.42 Å². The Morgan fingerprint density at radius 3 is 2.15 bits per heavy atom. The second-order valence-electron chi connectivity index (χ2n) is 5.95. The van der Waals surface area contributed by atoms with Gasteiger partial charge in [0.2, 0.25) is 10.0 Å². The molecule has 0 amide bonds. The first kappa shape index (κ1) is 15.5. The van der Waals surface area contributed by atoms with Crippen molar-refractivity contribution in [2.75, 3.05) is 26.7 Å². The third-order valence-corrected chi connectivity index (χ3v) is 6.26. The van der Waals surface area contributed by atoms with Crippen LogP contribution in [0.2, 0.25) is 0 Å². The molecule has 20 heavy (non-hydrogen) atoms. The van der Waals surface area contributed by atoms with Gasteiger partial charge in [0.1, 0.15) is 0 Å². The molecule has 0 bridgehead atoms. The van der Waals surface area contributed by atoms with Crippen LogP contribution in [0, 0.1) is 20.8 Å². The highest BCUT2D eigenvalue weighted by Crippen LogP contribution is 2.27. The fourth-order valence-corrected chi connectivity index (χ4v) is 5.20. The Bertz CT molecular complexity index is 587. The lowest BCUT2D eigenvalue weighted by Crippen LogP contribution is -2.52. The molecule has 1 aromatic carbocycles. The van der Waals surface area contributed by atoms with Crippen LogP contribution in [0.4, 0.5) is 0 Å². The molecule has 1 atom stereocenters. The van der Waals surface area contributed by atoms with Crippen molar-refractivity contribution in [3.05, 3.63) is 28.8 Å². The average Bonchev–Trinajstić information content (AvgIpc) is 2.25. The highest BCUT2D eigenvalue weighted by molar-refractivity contribution is 7.89. The maximum Gasteiger partial charge on any atom is 0.243 e. The molecule has 1 heterocycles.